The predicted octanol–water partition coefficient (Wildman–Crippen LogP) is 2.47. The molecule has 104 valence electrons. The molecule has 1 heterocycles. The summed E-state index contributed by atoms with van der Waals surface area (Å²) >= 11 is 0. The zero-order valence-corrected chi connectivity index (χ0v) is 11.3. The van der Waals surface area contributed by atoms with Crippen molar-refractivity contribution in [1.29, 1.82) is 0 Å². The van der Waals surface area contributed by atoms with E-state index in [4.69, 9.17) is 0 Å². The largest absolute Gasteiger partial charge is 0.508 e. The van der Waals surface area contributed by atoms with Crippen molar-refractivity contribution in [3.05, 3.63) is 29.8 Å². The zero-order valence-electron chi connectivity index (χ0n) is 11.3. The number of phenols is 1. The van der Waals surface area contributed by atoms with Gasteiger partial charge in [-0.25, -0.2) is 0 Å². The van der Waals surface area contributed by atoms with Gasteiger partial charge in [0.25, 0.3) is 0 Å². The third kappa shape index (κ3) is 2.89. The Kier molecular flexibility index (Phi) is 4.10. The number of rotatable bonds is 4. The number of aromatic hydroxyl groups is 1. The standard InChI is InChI=1S/C15H21NO3/c1-2-15(14(18)19)8-5-9-16(11-15)10-12-6-3-4-7-13(12)17/h3-4,6-7,17H,2,5,8-11H2,1H3,(H,18,19). The highest BCUT2D eigenvalue weighted by atomic mass is 16.4. The minimum absolute atomic E-state index is 0.283. The molecule has 0 bridgehead atoms. The Morgan fingerprint density at radius 1 is 1.42 bits per heavy atom. The Morgan fingerprint density at radius 2 is 2.16 bits per heavy atom. The second-order valence-electron chi connectivity index (χ2n) is 5.38. The summed E-state index contributed by atoms with van der Waals surface area (Å²) < 4.78 is 0. The molecule has 1 aromatic carbocycles. The lowest BCUT2D eigenvalue weighted by Gasteiger charge is -2.39. The van der Waals surface area contributed by atoms with Gasteiger partial charge in [-0.05, 0) is 31.9 Å². The first kappa shape index (κ1) is 13.9. The summed E-state index contributed by atoms with van der Waals surface area (Å²) in [5.74, 6) is -0.414. The molecule has 2 rings (SSSR count). The van der Waals surface area contributed by atoms with Crippen LogP contribution in [0.5, 0.6) is 5.75 Å². The van der Waals surface area contributed by atoms with E-state index in [2.05, 4.69) is 4.90 Å². The summed E-state index contributed by atoms with van der Waals surface area (Å²) in [6, 6.07) is 7.24. The Balaban J connectivity index is 2.10. The second-order valence-corrected chi connectivity index (χ2v) is 5.38. The van der Waals surface area contributed by atoms with Crippen LogP contribution in [0.1, 0.15) is 31.7 Å². The molecule has 0 aromatic heterocycles. The molecule has 0 aliphatic carbocycles. The highest BCUT2D eigenvalue weighted by molar-refractivity contribution is 5.75. The van der Waals surface area contributed by atoms with Crippen LogP contribution >= 0.6 is 0 Å². The number of piperidine rings is 1. The number of para-hydroxylation sites is 1. The fraction of sp³-hybridized carbons (Fsp3) is 0.533. The van der Waals surface area contributed by atoms with Crippen molar-refractivity contribution in [3.63, 3.8) is 0 Å². The van der Waals surface area contributed by atoms with Crippen molar-refractivity contribution in [2.75, 3.05) is 13.1 Å². The molecule has 4 nitrogen and oxygen atoms in total. The fourth-order valence-corrected chi connectivity index (χ4v) is 2.86. The molecule has 1 aromatic rings. The lowest BCUT2D eigenvalue weighted by molar-refractivity contribution is -0.153. The van der Waals surface area contributed by atoms with Crippen LogP contribution in [0.3, 0.4) is 0 Å². The molecule has 1 atom stereocenters. The summed E-state index contributed by atoms with van der Waals surface area (Å²) in [7, 11) is 0. The van der Waals surface area contributed by atoms with Crippen LogP contribution in [-0.4, -0.2) is 34.2 Å². The molecule has 0 spiro atoms. The van der Waals surface area contributed by atoms with Crippen LogP contribution in [0.15, 0.2) is 24.3 Å². The first-order valence-corrected chi connectivity index (χ1v) is 6.80. The number of aliphatic carboxylic acids is 1. The molecule has 1 fully saturated rings. The fourth-order valence-electron chi connectivity index (χ4n) is 2.86. The maximum Gasteiger partial charge on any atom is 0.310 e. The first-order chi connectivity index (χ1) is 9.07. The molecule has 0 radical (unpaired) electrons. The lowest BCUT2D eigenvalue weighted by atomic mass is 9.77. The number of carboxylic acid groups (broad SMARTS) is 1. The Morgan fingerprint density at radius 3 is 2.79 bits per heavy atom. The average molecular weight is 263 g/mol. The van der Waals surface area contributed by atoms with Crippen molar-refractivity contribution in [2.45, 2.75) is 32.7 Å². The topological polar surface area (TPSA) is 60.8 Å². The molecule has 2 N–H and O–H groups in total. The third-order valence-electron chi connectivity index (χ3n) is 4.17. The molecule has 1 aliphatic heterocycles. The third-order valence-corrected chi connectivity index (χ3v) is 4.17. The normalized spacial score (nSPS) is 24.3. The maximum absolute atomic E-state index is 11.5. The van der Waals surface area contributed by atoms with Crippen LogP contribution in [0.4, 0.5) is 0 Å². The monoisotopic (exact) mass is 263 g/mol. The van der Waals surface area contributed by atoms with Gasteiger partial charge >= 0.3 is 5.97 Å². The molecular formula is C15H21NO3. The summed E-state index contributed by atoms with van der Waals surface area (Å²) in [6.45, 7) is 4.01. The van der Waals surface area contributed by atoms with Crippen molar-refractivity contribution < 1.29 is 15.0 Å². The molecule has 19 heavy (non-hydrogen) atoms. The Hall–Kier alpha value is -1.55. The van der Waals surface area contributed by atoms with E-state index >= 15 is 0 Å². The molecule has 1 unspecified atom stereocenters. The highest BCUT2D eigenvalue weighted by Gasteiger charge is 2.40. The van der Waals surface area contributed by atoms with Crippen LogP contribution in [0, 0.1) is 5.41 Å². The van der Waals surface area contributed by atoms with Gasteiger partial charge in [-0.15, -0.1) is 0 Å². The van der Waals surface area contributed by atoms with Gasteiger partial charge in [-0.3, -0.25) is 9.69 Å². The number of hydrogen-bond acceptors (Lipinski definition) is 3. The molecule has 0 saturated carbocycles. The molecule has 4 heteroatoms. The molecular weight excluding hydrogens is 242 g/mol. The van der Waals surface area contributed by atoms with E-state index in [1.807, 2.05) is 19.1 Å². The maximum atomic E-state index is 11.5. The highest BCUT2D eigenvalue weighted by Crippen LogP contribution is 2.34. The Bertz CT molecular complexity index is 460. The summed E-state index contributed by atoms with van der Waals surface area (Å²) in [5.41, 5.74) is 0.239. The number of likely N-dealkylation sites (tertiary alicyclic amines) is 1. The van der Waals surface area contributed by atoms with Gasteiger partial charge in [0.05, 0.1) is 5.41 Å². The van der Waals surface area contributed by atoms with E-state index in [1.54, 1.807) is 12.1 Å². The van der Waals surface area contributed by atoms with Crippen LogP contribution in [-0.2, 0) is 11.3 Å². The van der Waals surface area contributed by atoms with Crippen molar-refractivity contribution in [1.82, 2.24) is 4.90 Å². The minimum atomic E-state index is -0.697. The van der Waals surface area contributed by atoms with E-state index < -0.39 is 11.4 Å². The summed E-state index contributed by atoms with van der Waals surface area (Å²) in [5, 5.41) is 19.2. The second kappa shape index (κ2) is 5.61. The lowest BCUT2D eigenvalue weighted by Crippen LogP contribution is -2.47. The quantitative estimate of drug-likeness (QED) is 0.876. The van der Waals surface area contributed by atoms with Crippen molar-refractivity contribution >= 4 is 5.97 Å². The molecule has 0 amide bonds. The minimum Gasteiger partial charge on any atom is -0.508 e. The van der Waals surface area contributed by atoms with Gasteiger partial charge in [-0.1, -0.05) is 25.1 Å². The first-order valence-electron chi connectivity index (χ1n) is 6.80. The number of phenolic OH excluding ortho intramolecular Hbond substituents is 1. The molecule has 1 saturated heterocycles. The average Bonchev–Trinajstić information content (AvgIpc) is 2.41. The number of carboxylic acids is 1. The predicted molar refractivity (Wildman–Crippen MR) is 73.0 cm³/mol. The SMILES string of the molecule is CCC1(C(=O)O)CCCN(Cc2ccccc2O)C1. The number of benzene rings is 1. The summed E-state index contributed by atoms with van der Waals surface area (Å²) in [4.78, 5) is 13.6. The zero-order chi connectivity index (χ0) is 13.9. The van der Waals surface area contributed by atoms with Gasteiger partial charge in [0.1, 0.15) is 5.75 Å². The van der Waals surface area contributed by atoms with Crippen LogP contribution in [0.2, 0.25) is 0 Å². The van der Waals surface area contributed by atoms with E-state index in [9.17, 15) is 15.0 Å². The number of nitrogens with zero attached hydrogens (tertiary/aromatic N) is 1. The van der Waals surface area contributed by atoms with Crippen LogP contribution < -0.4 is 0 Å². The van der Waals surface area contributed by atoms with Gasteiger partial charge in [0.2, 0.25) is 0 Å². The number of carbonyl (C=O) groups is 1. The van der Waals surface area contributed by atoms with Gasteiger partial charge in [0, 0.05) is 18.7 Å². The van der Waals surface area contributed by atoms with E-state index in [0.717, 1.165) is 24.9 Å². The van der Waals surface area contributed by atoms with Gasteiger partial charge < -0.3 is 10.2 Å². The van der Waals surface area contributed by atoms with E-state index in [0.29, 0.717) is 19.5 Å². The smallest absolute Gasteiger partial charge is 0.310 e. The van der Waals surface area contributed by atoms with Crippen LogP contribution in [0.25, 0.3) is 0 Å². The number of hydrogen-bond donors (Lipinski definition) is 2. The van der Waals surface area contributed by atoms with E-state index in [-0.39, 0.29) is 5.75 Å². The Labute approximate surface area is 113 Å². The molecule has 1 aliphatic rings. The van der Waals surface area contributed by atoms with Crippen molar-refractivity contribution in [2.24, 2.45) is 5.41 Å². The summed E-state index contributed by atoms with van der Waals surface area (Å²) in [6.07, 6.45) is 2.30. The van der Waals surface area contributed by atoms with Crippen molar-refractivity contribution in [3.8, 4) is 5.75 Å². The van der Waals surface area contributed by atoms with Gasteiger partial charge in [-0.2, -0.15) is 0 Å². The van der Waals surface area contributed by atoms with Gasteiger partial charge in [0.15, 0.2) is 0 Å². The van der Waals surface area contributed by atoms with E-state index in [1.165, 1.54) is 0 Å².